The number of aromatic nitrogens is 4. The Labute approximate surface area is 214 Å². The Morgan fingerprint density at radius 2 is 1.95 bits per heavy atom. The van der Waals surface area contributed by atoms with Crippen LogP contribution in [0.5, 0.6) is 5.75 Å². The minimum absolute atomic E-state index is 0.136. The molecule has 5 rings (SSSR count). The van der Waals surface area contributed by atoms with E-state index in [0.717, 1.165) is 30.9 Å². The molecule has 0 unspecified atom stereocenters. The summed E-state index contributed by atoms with van der Waals surface area (Å²) >= 11 is 1.29. The second kappa shape index (κ2) is 10.8. The Bertz CT molecular complexity index is 1210. The van der Waals surface area contributed by atoms with Gasteiger partial charge in [-0.2, -0.15) is 5.10 Å². The Balaban J connectivity index is 1.02. The summed E-state index contributed by atoms with van der Waals surface area (Å²) in [5.74, 6) is 0.645. The van der Waals surface area contributed by atoms with Crippen LogP contribution < -0.4 is 20.3 Å². The molecule has 2 fully saturated rings. The zero-order valence-corrected chi connectivity index (χ0v) is 20.5. The van der Waals surface area contributed by atoms with Crippen molar-refractivity contribution in [2.24, 2.45) is 5.92 Å². The molecule has 0 bridgehead atoms. The number of anilines is 3. The molecule has 2 saturated heterocycles. The fraction of sp³-hybridized carbons (Fsp3) is 0.435. The molecule has 37 heavy (non-hydrogen) atoms. The van der Waals surface area contributed by atoms with Crippen molar-refractivity contribution in [1.29, 1.82) is 0 Å². The molecule has 1 aromatic carbocycles. The Morgan fingerprint density at radius 3 is 2.73 bits per heavy atom. The first-order valence-corrected chi connectivity index (χ1v) is 12.6. The van der Waals surface area contributed by atoms with Gasteiger partial charge >= 0.3 is 6.36 Å². The predicted octanol–water partition coefficient (Wildman–Crippen LogP) is 3.38. The summed E-state index contributed by atoms with van der Waals surface area (Å²) in [5, 5.41) is 23.5. The van der Waals surface area contributed by atoms with Gasteiger partial charge in [0.2, 0.25) is 16.2 Å². The first-order valence-electron chi connectivity index (χ1n) is 11.8. The van der Waals surface area contributed by atoms with Gasteiger partial charge in [0.1, 0.15) is 5.75 Å². The van der Waals surface area contributed by atoms with E-state index in [1.165, 1.54) is 29.5 Å². The molecule has 1 amide bonds. The molecule has 4 heterocycles. The SMILES string of the molecule is O=C(CC1CN(Cc2cccc(OC(F)(F)F)c2)C1)Nc1nnc(N[C@@H]2CCN(c3cccnn3)C2)s1. The van der Waals surface area contributed by atoms with Crippen LogP contribution in [0.1, 0.15) is 18.4 Å². The molecular weight excluding hydrogens is 509 g/mol. The zero-order valence-electron chi connectivity index (χ0n) is 19.7. The van der Waals surface area contributed by atoms with E-state index in [0.29, 0.717) is 36.3 Å². The van der Waals surface area contributed by atoms with E-state index < -0.39 is 6.36 Å². The van der Waals surface area contributed by atoms with Gasteiger partial charge in [-0.15, -0.1) is 28.5 Å². The third-order valence-electron chi connectivity index (χ3n) is 6.11. The third kappa shape index (κ3) is 7.04. The molecule has 14 heteroatoms. The topological polar surface area (TPSA) is 108 Å². The van der Waals surface area contributed by atoms with Crippen LogP contribution in [0.15, 0.2) is 42.6 Å². The van der Waals surface area contributed by atoms with Gasteiger partial charge in [-0.05, 0) is 42.2 Å². The molecule has 0 spiro atoms. The minimum Gasteiger partial charge on any atom is -0.406 e. The molecule has 0 radical (unpaired) electrons. The van der Waals surface area contributed by atoms with E-state index >= 15 is 0 Å². The number of nitrogens with one attached hydrogen (secondary N) is 2. The number of nitrogens with zero attached hydrogens (tertiary/aromatic N) is 6. The number of likely N-dealkylation sites (tertiary alicyclic amines) is 1. The average molecular weight is 535 g/mol. The van der Waals surface area contributed by atoms with Crippen LogP contribution in [0.2, 0.25) is 0 Å². The lowest BCUT2D eigenvalue weighted by atomic mass is 9.95. The fourth-order valence-corrected chi connectivity index (χ4v) is 5.26. The third-order valence-corrected chi connectivity index (χ3v) is 6.88. The molecule has 2 aliphatic rings. The number of benzene rings is 1. The zero-order chi connectivity index (χ0) is 25.8. The number of ether oxygens (including phenoxy) is 1. The molecule has 3 aromatic rings. The normalized spacial score (nSPS) is 18.5. The summed E-state index contributed by atoms with van der Waals surface area (Å²) < 4.78 is 41.2. The summed E-state index contributed by atoms with van der Waals surface area (Å²) in [6.45, 7) is 3.51. The van der Waals surface area contributed by atoms with E-state index in [-0.39, 0.29) is 23.6 Å². The Morgan fingerprint density at radius 1 is 1.11 bits per heavy atom. The van der Waals surface area contributed by atoms with Gasteiger partial charge in [0.05, 0.1) is 0 Å². The van der Waals surface area contributed by atoms with Crippen molar-refractivity contribution < 1.29 is 22.7 Å². The highest BCUT2D eigenvalue weighted by Gasteiger charge is 2.32. The first kappa shape index (κ1) is 25.1. The second-order valence-corrected chi connectivity index (χ2v) is 10.1. The molecule has 1 atom stereocenters. The number of carbonyl (C=O) groups excluding carboxylic acids is 1. The highest BCUT2D eigenvalue weighted by atomic mass is 32.1. The monoisotopic (exact) mass is 534 g/mol. The number of hydrogen-bond donors (Lipinski definition) is 2. The average Bonchev–Trinajstić information content (AvgIpc) is 3.47. The number of rotatable bonds is 9. The summed E-state index contributed by atoms with van der Waals surface area (Å²) in [6, 6.07) is 9.93. The quantitative estimate of drug-likeness (QED) is 0.427. The van der Waals surface area contributed by atoms with Gasteiger partial charge in [0.25, 0.3) is 0 Å². The van der Waals surface area contributed by atoms with Crippen molar-refractivity contribution in [3.63, 3.8) is 0 Å². The number of alkyl halides is 3. The summed E-state index contributed by atoms with van der Waals surface area (Å²) in [6.07, 6.45) is -1.80. The van der Waals surface area contributed by atoms with Gasteiger partial charge in [-0.1, -0.05) is 23.5 Å². The summed E-state index contributed by atoms with van der Waals surface area (Å²) in [5.41, 5.74) is 0.723. The van der Waals surface area contributed by atoms with Gasteiger partial charge in [-0.3, -0.25) is 9.69 Å². The van der Waals surface area contributed by atoms with Gasteiger partial charge in [0, 0.05) is 51.4 Å². The molecule has 0 saturated carbocycles. The van der Waals surface area contributed by atoms with E-state index in [1.54, 1.807) is 12.3 Å². The maximum absolute atomic E-state index is 12.5. The number of carbonyl (C=O) groups is 1. The highest BCUT2D eigenvalue weighted by Crippen LogP contribution is 2.28. The van der Waals surface area contributed by atoms with Gasteiger partial charge < -0.3 is 20.3 Å². The van der Waals surface area contributed by atoms with Gasteiger partial charge in [-0.25, -0.2) is 0 Å². The van der Waals surface area contributed by atoms with Crippen LogP contribution in [0.3, 0.4) is 0 Å². The molecule has 10 nitrogen and oxygen atoms in total. The van der Waals surface area contributed by atoms with Crippen LogP contribution in [0.4, 0.5) is 29.3 Å². The lowest BCUT2D eigenvalue weighted by molar-refractivity contribution is -0.274. The van der Waals surface area contributed by atoms with Crippen LogP contribution in [0, 0.1) is 5.92 Å². The van der Waals surface area contributed by atoms with E-state index in [4.69, 9.17) is 0 Å². The molecular formula is C23H25F3N8O2S. The van der Waals surface area contributed by atoms with E-state index in [9.17, 15) is 18.0 Å². The van der Waals surface area contributed by atoms with Crippen molar-refractivity contribution >= 4 is 33.3 Å². The molecule has 196 valence electrons. The van der Waals surface area contributed by atoms with Crippen molar-refractivity contribution in [2.45, 2.75) is 31.8 Å². The number of amides is 1. The summed E-state index contributed by atoms with van der Waals surface area (Å²) in [4.78, 5) is 16.7. The minimum atomic E-state index is -4.71. The van der Waals surface area contributed by atoms with Crippen molar-refractivity contribution in [2.75, 3.05) is 41.7 Å². The van der Waals surface area contributed by atoms with Crippen molar-refractivity contribution in [3.05, 3.63) is 48.2 Å². The largest absolute Gasteiger partial charge is 0.573 e. The van der Waals surface area contributed by atoms with Crippen molar-refractivity contribution in [1.82, 2.24) is 25.3 Å². The van der Waals surface area contributed by atoms with Crippen LogP contribution in [0.25, 0.3) is 0 Å². The standard InChI is InChI=1S/C23H25F3N8O2S/c24-23(25,26)36-18-4-1-3-15(9-18)11-33-12-16(13-33)10-20(35)29-22-32-31-21(37-22)28-17-6-8-34(14-17)19-5-2-7-27-30-19/h1-5,7,9,16-17H,6,8,10-14H2,(H,28,31)(H,29,32,35)/t17-/m1/s1. The molecule has 2 N–H and O–H groups in total. The lowest BCUT2D eigenvalue weighted by Gasteiger charge is -2.39. The highest BCUT2D eigenvalue weighted by molar-refractivity contribution is 7.19. The van der Waals surface area contributed by atoms with E-state index in [1.807, 2.05) is 12.1 Å². The maximum Gasteiger partial charge on any atom is 0.573 e. The first-order chi connectivity index (χ1) is 17.8. The smallest absolute Gasteiger partial charge is 0.406 e. The fourth-order valence-electron chi connectivity index (χ4n) is 4.52. The van der Waals surface area contributed by atoms with Gasteiger partial charge in [0.15, 0.2) is 5.82 Å². The van der Waals surface area contributed by atoms with Crippen LogP contribution in [-0.4, -0.2) is 69.8 Å². The van der Waals surface area contributed by atoms with Crippen LogP contribution >= 0.6 is 11.3 Å². The Kier molecular flexibility index (Phi) is 7.37. The van der Waals surface area contributed by atoms with Crippen molar-refractivity contribution in [3.8, 4) is 5.75 Å². The number of hydrogen-bond acceptors (Lipinski definition) is 10. The number of halogens is 3. The molecule has 2 aromatic heterocycles. The molecule has 2 aliphatic heterocycles. The lowest BCUT2D eigenvalue weighted by Crippen LogP contribution is -2.47. The maximum atomic E-state index is 12.5. The second-order valence-electron chi connectivity index (χ2n) is 9.08. The van der Waals surface area contributed by atoms with E-state index in [2.05, 4.69) is 45.6 Å². The Hall–Kier alpha value is -3.52. The van der Waals surface area contributed by atoms with Crippen LogP contribution in [-0.2, 0) is 11.3 Å². The molecule has 0 aliphatic carbocycles. The predicted molar refractivity (Wildman–Crippen MR) is 131 cm³/mol. The summed E-state index contributed by atoms with van der Waals surface area (Å²) in [7, 11) is 0.